The van der Waals surface area contributed by atoms with Crippen molar-refractivity contribution in [1.29, 1.82) is 0 Å². The van der Waals surface area contributed by atoms with Crippen LogP contribution < -0.4 is 4.90 Å². The van der Waals surface area contributed by atoms with E-state index < -0.39 is 0 Å². The van der Waals surface area contributed by atoms with E-state index in [1.54, 1.807) is 0 Å². The molecule has 1 amide bonds. The summed E-state index contributed by atoms with van der Waals surface area (Å²) >= 11 is 0. The van der Waals surface area contributed by atoms with Crippen molar-refractivity contribution < 1.29 is 4.79 Å². The number of amides is 1. The molecule has 0 saturated carbocycles. The smallest absolute Gasteiger partial charge is 0.223 e. The molecule has 1 saturated heterocycles. The Morgan fingerprint density at radius 3 is 2.35 bits per heavy atom. The first-order valence-corrected chi connectivity index (χ1v) is 11.9. The lowest BCUT2D eigenvalue weighted by Gasteiger charge is -2.37. The molecule has 0 N–H and O–H groups in total. The molecule has 0 bridgehead atoms. The molecule has 6 nitrogen and oxygen atoms in total. The lowest BCUT2D eigenvalue weighted by atomic mass is 10.1. The van der Waals surface area contributed by atoms with Crippen LogP contribution in [0.15, 0.2) is 30.3 Å². The zero-order valence-corrected chi connectivity index (χ0v) is 20.0. The highest BCUT2D eigenvalue weighted by molar-refractivity contribution is 5.76. The molecule has 170 valence electrons. The highest BCUT2D eigenvalue weighted by Crippen LogP contribution is 2.30. The Labute approximate surface area is 187 Å². The highest BCUT2D eigenvalue weighted by Gasteiger charge is 2.28. The molecule has 6 heteroatoms. The van der Waals surface area contributed by atoms with E-state index in [0.717, 1.165) is 62.8 Å². The zero-order valence-electron chi connectivity index (χ0n) is 20.0. The van der Waals surface area contributed by atoms with E-state index in [1.807, 2.05) is 6.07 Å². The lowest BCUT2D eigenvalue weighted by Crippen LogP contribution is -2.47. The van der Waals surface area contributed by atoms with Gasteiger partial charge in [-0.2, -0.15) is 5.10 Å². The van der Waals surface area contributed by atoms with Crippen molar-refractivity contribution in [3.63, 3.8) is 0 Å². The molecule has 1 aliphatic heterocycles. The largest absolute Gasteiger partial charge is 0.354 e. The minimum absolute atomic E-state index is 0.211. The van der Waals surface area contributed by atoms with Crippen molar-refractivity contribution >= 4 is 11.7 Å². The third kappa shape index (κ3) is 5.29. The Hall–Kier alpha value is -2.34. The number of para-hydroxylation sites is 1. The second kappa shape index (κ2) is 10.8. The molecular weight excluding hydrogens is 386 g/mol. The number of anilines is 1. The van der Waals surface area contributed by atoms with Gasteiger partial charge in [0.1, 0.15) is 5.82 Å². The predicted molar refractivity (Wildman–Crippen MR) is 128 cm³/mol. The minimum Gasteiger partial charge on any atom is -0.354 e. The molecule has 0 unspecified atom stereocenters. The number of hydrogen-bond donors (Lipinski definition) is 0. The second-order valence-electron chi connectivity index (χ2n) is 8.59. The van der Waals surface area contributed by atoms with Gasteiger partial charge < -0.3 is 14.7 Å². The molecule has 0 spiro atoms. The Kier molecular flexibility index (Phi) is 8.13. The van der Waals surface area contributed by atoms with Crippen LogP contribution in [0.3, 0.4) is 0 Å². The van der Waals surface area contributed by atoms with Crippen LogP contribution in [0, 0.1) is 6.92 Å². The highest BCUT2D eigenvalue weighted by atomic mass is 16.2. The van der Waals surface area contributed by atoms with Gasteiger partial charge in [0, 0.05) is 44.2 Å². The number of piperazine rings is 1. The van der Waals surface area contributed by atoms with Crippen molar-refractivity contribution in [2.24, 2.45) is 0 Å². The molecule has 2 heterocycles. The predicted octanol–water partition coefficient (Wildman–Crippen LogP) is 4.25. The molecule has 1 atom stereocenters. The summed E-state index contributed by atoms with van der Waals surface area (Å²) in [7, 11) is 0. The normalized spacial score (nSPS) is 15.8. The molecule has 31 heavy (non-hydrogen) atoms. The van der Waals surface area contributed by atoms with Crippen LogP contribution in [0.1, 0.15) is 58.2 Å². The Morgan fingerprint density at radius 2 is 1.77 bits per heavy atom. The van der Waals surface area contributed by atoms with Gasteiger partial charge in [-0.05, 0) is 45.4 Å². The Balaban J connectivity index is 2.02. The van der Waals surface area contributed by atoms with Gasteiger partial charge in [0.25, 0.3) is 0 Å². The van der Waals surface area contributed by atoms with Crippen LogP contribution in [0.2, 0.25) is 0 Å². The van der Waals surface area contributed by atoms with E-state index in [4.69, 9.17) is 5.10 Å². The number of aryl methyl sites for hydroxylation is 1. The summed E-state index contributed by atoms with van der Waals surface area (Å²) in [5, 5.41) is 4.96. The van der Waals surface area contributed by atoms with Gasteiger partial charge in [-0.25, -0.2) is 4.68 Å². The topological polar surface area (TPSA) is 44.6 Å². The molecular formula is C25H39N5O. The third-order valence-electron chi connectivity index (χ3n) is 6.51. The number of hydrogen-bond acceptors (Lipinski definition) is 4. The lowest BCUT2D eigenvalue weighted by molar-refractivity contribution is -0.134. The number of carbonyl (C=O) groups excluding carboxylic acids is 1. The number of benzene rings is 1. The Morgan fingerprint density at radius 1 is 1.10 bits per heavy atom. The zero-order chi connectivity index (χ0) is 22.4. The number of carbonyl (C=O) groups is 1. The summed E-state index contributed by atoms with van der Waals surface area (Å²) < 4.78 is 2.09. The van der Waals surface area contributed by atoms with Gasteiger partial charge in [-0.15, -0.1) is 0 Å². The summed E-state index contributed by atoms with van der Waals surface area (Å²) in [5.74, 6) is 1.39. The fourth-order valence-corrected chi connectivity index (χ4v) is 4.32. The van der Waals surface area contributed by atoms with Gasteiger partial charge in [-0.3, -0.25) is 4.79 Å². The molecule has 3 rings (SSSR count). The monoisotopic (exact) mass is 425 g/mol. The second-order valence-corrected chi connectivity index (χ2v) is 8.59. The minimum atomic E-state index is 0.211. The van der Waals surface area contributed by atoms with Crippen LogP contribution in [-0.4, -0.2) is 64.3 Å². The number of rotatable bonds is 9. The van der Waals surface area contributed by atoms with E-state index in [-0.39, 0.29) is 11.9 Å². The third-order valence-corrected chi connectivity index (χ3v) is 6.51. The van der Waals surface area contributed by atoms with Gasteiger partial charge in [0.2, 0.25) is 5.91 Å². The molecule has 0 aliphatic carbocycles. The van der Waals surface area contributed by atoms with Crippen molar-refractivity contribution in [1.82, 2.24) is 19.6 Å². The maximum Gasteiger partial charge on any atom is 0.223 e. The van der Waals surface area contributed by atoms with E-state index in [9.17, 15) is 4.79 Å². The average Bonchev–Trinajstić information content (AvgIpc) is 3.13. The van der Waals surface area contributed by atoms with Crippen LogP contribution in [0.25, 0.3) is 5.69 Å². The van der Waals surface area contributed by atoms with Crippen LogP contribution >= 0.6 is 0 Å². The fraction of sp³-hybridized carbons (Fsp3) is 0.600. The summed E-state index contributed by atoms with van der Waals surface area (Å²) in [6.45, 7) is 16.5. The molecule has 1 aliphatic rings. The van der Waals surface area contributed by atoms with Crippen LogP contribution in [-0.2, 0) is 11.3 Å². The first kappa shape index (κ1) is 23.3. The summed E-state index contributed by atoms with van der Waals surface area (Å²) in [4.78, 5) is 20.0. The first-order valence-electron chi connectivity index (χ1n) is 11.9. The molecule has 2 aromatic rings. The van der Waals surface area contributed by atoms with E-state index >= 15 is 0 Å². The molecule has 1 fully saturated rings. The first-order chi connectivity index (χ1) is 15.0. The van der Waals surface area contributed by atoms with Gasteiger partial charge in [0.15, 0.2) is 0 Å². The molecule has 0 radical (unpaired) electrons. The molecule has 1 aromatic carbocycles. The number of aromatic nitrogens is 2. The molecule has 1 aromatic heterocycles. The van der Waals surface area contributed by atoms with Gasteiger partial charge >= 0.3 is 0 Å². The van der Waals surface area contributed by atoms with E-state index in [2.05, 4.69) is 78.3 Å². The maximum absolute atomic E-state index is 13.0. The van der Waals surface area contributed by atoms with Crippen LogP contribution in [0.4, 0.5) is 5.82 Å². The SMILES string of the molecule is CCCC(=O)N(Cc1c(C)nn(-c2ccccc2)c1N1CCN(CC)CC1)[C@H](C)CC. The number of nitrogens with zero attached hydrogens (tertiary/aromatic N) is 5. The van der Waals surface area contributed by atoms with Gasteiger partial charge in [-0.1, -0.05) is 39.0 Å². The standard InChI is InChI=1S/C25H39N5O/c1-6-12-24(31)29(20(4)7-2)19-23-21(5)26-30(22-13-10-9-11-14-22)25(23)28-17-15-27(8-3)16-18-28/h9-11,13-14,20H,6-8,12,15-19H2,1-5H3/t20-/m1/s1. The summed E-state index contributed by atoms with van der Waals surface area (Å²) in [6, 6.07) is 10.6. The summed E-state index contributed by atoms with van der Waals surface area (Å²) in [6.07, 6.45) is 2.42. The quantitative estimate of drug-likeness (QED) is 0.602. The van der Waals surface area contributed by atoms with Crippen molar-refractivity contribution in [3.05, 3.63) is 41.6 Å². The van der Waals surface area contributed by atoms with Crippen molar-refractivity contribution in [2.75, 3.05) is 37.6 Å². The fourth-order valence-electron chi connectivity index (χ4n) is 4.32. The average molecular weight is 426 g/mol. The van der Waals surface area contributed by atoms with Gasteiger partial charge in [0.05, 0.1) is 17.9 Å². The maximum atomic E-state index is 13.0. The number of likely N-dealkylation sites (N-methyl/N-ethyl adjacent to an activating group) is 1. The van der Waals surface area contributed by atoms with Crippen LogP contribution in [0.5, 0.6) is 0 Å². The van der Waals surface area contributed by atoms with Crippen molar-refractivity contribution in [3.8, 4) is 5.69 Å². The van der Waals surface area contributed by atoms with Crippen molar-refractivity contribution in [2.45, 2.75) is 66.5 Å². The van der Waals surface area contributed by atoms with E-state index in [1.165, 1.54) is 5.56 Å². The Bertz CT molecular complexity index is 839. The van der Waals surface area contributed by atoms with E-state index in [0.29, 0.717) is 13.0 Å². The summed E-state index contributed by atoms with van der Waals surface area (Å²) in [5.41, 5.74) is 3.26.